The van der Waals surface area contributed by atoms with Gasteiger partial charge in [-0.05, 0) is 36.5 Å². The molecule has 2 heterocycles. The minimum atomic E-state index is 0. The zero-order valence-electron chi connectivity index (χ0n) is 19.8. The summed E-state index contributed by atoms with van der Waals surface area (Å²) in [5.74, 6) is 3.13. The van der Waals surface area contributed by atoms with Crippen molar-refractivity contribution in [1.82, 2.24) is 10.2 Å². The van der Waals surface area contributed by atoms with E-state index in [0.29, 0.717) is 18.4 Å². The average Bonchev–Trinajstić information content (AvgIpc) is 3.50. The first-order valence-electron chi connectivity index (χ1n) is 11.7. The lowest BCUT2D eigenvalue weighted by atomic mass is 10.1. The minimum Gasteiger partial charge on any atom is -0.495 e. The van der Waals surface area contributed by atoms with E-state index < -0.39 is 0 Å². The Hall–Kier alpha value is -2.00. The van der Waals surface area contributed by atoms with Crippen molar-refractivity contribution in [3.05, 3.63) is 60.2 Å². The number of anilines is 1. The van der Waals surface area contributed by atoms with Gasteiger partial charge in [-0.2, -0.15) is 0 Å². The number of guanidine groups is 1. The quantitative estimate of drug-likeness (QED) is 0.295. The topological polar surface area (TPSA) is 49.3 Å². The molecular formula is C26H37IN4O2. The van der Waals surface area contributed by atoms with Crippen molar-refractivity contribution in [2.75, 3.05) is 58.4 Å². The Balaban J connectivity index is 0.00000306. The smallest absolute Gasteiger partial charge is 0.193 e. The highest BCUT2D eigenvalue weighted by atomic mass is 127. The van der Waals surface area contributed by atoms with Crippen LogP contribution < -0.4 is 15.0 Å². The molecule has 0 spiro atoms. The summed E-state index contributed by atoms with van der Waals surface area (Å²) < 4.78 is 11.5. The summed E-state index contributed by atoms with van der Waals surface area (Å²) in [6, 6.07) is 18.7. The van der Waals surface area contributed by atoms with Crippen molar-refractivity contribution in [3.63, 3.8) is 0 Å². The number of hydrogen-bond acceptors (Lipinski definition) is 4. The molecule has 2 aromatic rings. The Morgan fingerprint density at radius 1 is 1.00 bits per heavy atom. The molecule has 2 aliphatic heterocycles. The normalized spacial score (nSPS) is 20.6. The number of benzene rings is 2. The number of nitrogens with zero attached hydrogens (tertiary/aromatic N) is 3. The first-order chi connectivity index (χ1) is 15.8. The Morgan fingerprint density at radius 2 is 1.76 bits per heavy atom. The van der Waals surface area contributed by atoms with Gasteiger partial charge in [0.2, 0.25) is 0 Å². The summed E-state index contributed by atoms with van der Waals surface area (Å²) in [6.45, 7) is 6.59. The van der Waals surface area contributed by atoms with E-state index in [-0.39, 0.29) is 24.0 Å². The summed E-state index contributed by atoms with van der Waals surface area (Å²) in [7, 11) is 3.63. The van der Waals surface area contributed by atoms with Crippen molar-refractivity contribution in [2.24, 2.45) is 16.8 Å². The lowest BCUT2D eigenvalue weighted by Gasteiger charge is -2.24. The lowest BCUT2D eigenvalue weighted by molar-refractivity contribution is 0.0906. The fraction of sp³-hybridized carbons (Fsp3) is 0.500. The molecule has 0 radical (unpaired) electrons. The molecule has 2 fully saturated rings. The van der Waals surface area contributed by atoms with Gasteiger partial charge in [0.25, 0.3) is 0 Å². The molecule has 0 amide bonds. The van der Waals surface area contributed by atoms with Crippen molar-refractivity contribution in [3.8, 4) is 5.75 Å². The van der Waals surface area contributed by atoms with Gasteiger partial charge < -0.3 is 24.6 Å². The van der Waals surface area contributed by atoms with E-state index in [1.165, 1.54) is 17.7 Å². The van der Waals surface area contributed by atoms with Crippen molar-refractivity contribution in [2.45, 2.75) is 19.4 Å². The van der Waals surface area contributed by atoms with Gasteiger partial charge in [0.05, 0.1) is 26.0 Å². The summed E-state index contributed by atoms with van der Waals surface area (Å²) in [6.07, 6.45) is 2.33. The van der Waals surface area contributed by atoms with Crippen LogP contribution in [0.2, 0.25) is 0 Å². The van der Waals surface area contributed by atoms with Crippen LogP contribution in [0.1, 0.15) is 18.4 Å². The average molecular weight is 565 g/mol. The molecule has 2 aromatic carbocycles. The summed E-state index contributed by atoms with van der Waals surface area (Å²) in [5.41, 5.74) is 2.43. The van der Waals surface area contributed by atoms with E-state index in [1.54, 1.807) is 7.11 Å². The number of halogens is 1. The molecule has 1 N–H and O–H groups in total. The van der Waals surface area contributed by atoms with Crippen LogP contribution in [0.3, 0.4) is 0 Å². The van der Waals surface area contributed by atoms with Gasteiger partial charge >= 0.3 is 0 Å². The Labute approximate surface area is 215 Å². The van der Waals surface area contributed by atoms with Gasteiger partial charge in [0, 0.05) is 45.7 Å². The van der Waals surface area contributed by atoms with Crippen LogP contribution >= 0.6 is 24.0 Å². The standard InChI is InChI=1S/C26H36N4O2.HI/c1-27-26(30-15-13-23(18-30)20-32-19-21-8-4-3-5-9-21)28-16-22-12-14-29(17-22)24-10-6-7-11-25(24)31-2;/h3-11,22-23H,12-20H2,1-2H3,(H,27,28);1H. The van der Waals surface area contributed by atoms with Gasteiger partial charge in [0.1, 0.15) is 5.75 Å². The van der Waals surface area contributed by atoms with Crippen LogP contribution in [0, 0.1) is 11.8 Å². The van der Waals surface area contributed by atoms with Crippen LogP contribution in [0.5, 0.6) is 5.75 Å². The Kier molecular flexibility index (Phi) is 10.1. The van der Waals surface area contributed by atoms with Crippen LogP contribution in [0.25, 0.3) is 0 Å². The predicted octanol–water partition coefficient (Wildman–Crippen LogP) is 4.25. The summed E-state index contributed by atoms with van der Waals surface area (Å²) in [5, 5.41) is 3.63. The molecule has 2 saturated heterocycles. The molecule has 33 heavy (non-hydrogen) atoms. The maximum absolute atomic E-state index is 5.98. The van der Waals surface area contributed by atoms with Gasteiger partial charge in [0.15, 0.2) is 5.96 Å². The van der Waals surface area contributed by atoms with Crippen molar-refractivity contribution < 1.29 is 9.47 Å². The number of methoxy groups -OCH3 is 1. The maximum atomic E-state index is 5.98. The number of likely N-dealkylation sites (tertiary alicyclic amines) is 1. The first-order valence-corrected chi connectivity index (χ1v) is 11.7. The zero-order valence-corrected chi connectivity index (χ0v) is 22.1. The molecule has 0 saturated carbocycles. The highest BCUT2D eigenvalue weighted by Crippen LogP contribution is 2.31. The van der Waals surface area contributed by atoms with Gasteiger partial charge in [-0.15, -0.1) is 24.0 Å². The molecule has 180 valence electrons. The van der Waals surface area contributed by atoms with Crippen molar-refractivity contribution in [1.29, 1.82) is 0 Å². The monoisotopic (exact) mass is 564 g/mol. The van der Waals surface area contributed by atoms with Crippen LogP contribution in [0.4, 0.5) is 5.69 Å². The third-order valence-corrected chi connectivity index (χ3v) is 6.52. The molecule has 6 nitrogen and oxygen atoms in total. The Morgan fingerprint density at radius 3 is 2.55 bits per heavy atom. The number of rotatable bonds is 8. The largest absolute Gasteiger partial charge is 0.495 e. The fourth-order valence-corrected chi connectivity index (χ4v) is 4.76. The van der Waals surface area contributed by atoms with E-state index in [1.807, 2.05) is 25.2 Å². The molecule has 0 aliphatic carbocycles. The molecule has 4 rings (SSSR count). The maximum Gasteiger partial charge on any atom is 0.193 e. The number of aliphatic imine (C=N–C) groups is 1. The van der Waals surface area contributed by atoms with E-state index >= 15 is 0 Å². The van der Waals surface area contributed by atoms with E-state index in [4.69, 9.17) is 9.47 Å². The number of nitrogens with one attached hydrogen (secondary N) is 1. The summed E-state index contributed by atoms with van der Waals surface area (Å²) in [4.78, 5) is 9.37. The van der Waals surface area contributed by atoms with E-state index in [2.05, 4.69) is 56.5 Å². The molecular weight excluding hydrogens is 527 g/mol. The minimum absolute atomic E-state index is 0. The fourth-order valence-electron chi connectivity index (χ4n) is 4.76. The highest BCUT2D eigenvalue weighted by Gasteiger charge is 2.27. The van der Waals surface area contributed by atoms with E-state index in [9.17, 15) is 0 Å². The Bertz CT molecular complexity index is 880. The molecule has 2 aliphatic rings. The number of para-hydroxylation sites is 2. The second kappa shape index (κ2) is 13.0. The summed E-state index contributed by atoms with van der Waals surface area (Å²) >= 11 is 0. The number of hydrogen-bond donors (Lipinski definition) is 1. The number of ether oxygens (including phenoxy) is 2. The molecule has 2 atom stereocenters. The highest BCUT2D eigenvalue weighted by molar-refractivity contribution is 14.0. The van der Waals surface area contributed by atoms with Gasteiger partial charge in [-0.3, -0.25) is 4.99 Å². The third-order valence-electron chi connectivity index (χ3n) is 6.52. The predicted molar refractivity (Wildman–Crippen MR) is 146 cm³/mol. The second-order valence-electron chi connectivity index (χ2n) is 8.80. The lowest BCUT2D eigenvalue weighted by Crippen LogP contribution is -2.42. The van der Waals surface area contributed by atoms with Gasteiger partial charge in [-0.25, -0.2) is 0 Å². The molecule has 2 unspecified atom stereocenters. The van der Waals surface area contributed by atoms with Crippen LogP contribution in [-0.2, 0) is 11.3 Å². The molecule has 0 aromatic heterocycles. The van der Waals surface area contributed by atoms with Crippen LogP contribution in [0.15, 0.2) is 59.6 Å². The zero-order chi connectivity index (χ0) is 22.2. The van der Waals surface area contributed by atoms with Crippen LogP contribution in [-0.4, -0.2) is 64.3 Å². The molecule has 7 heteroatoms. The van der Waals surface area contributed by atoms with Crippen molar-refractivity contribution >= 4 is 35.6 Å². The third kappa shape index (κ3) is 6.99. The molecule has 0 bridgehead atoms. The van der Waals surface area contributed by atoms with E-state index in [0.717, 1.165) is 57.5 Å². The first kappa shape index (κ1) is 25.6. The SMILES string of the molecule is CN=C(NCC1CCN(c2ccccc2OC)C1)N1CCC(COCc2ccccc2)C1.I. The van der Waals surface area contributed by atoms with Gasteiger partial charge in [-0.1, -0.05) is 42.5 Å². The second-order valence-corrected chi connectivity index (χ2v) is 8.80.